The number of nitrogens with zero attached hydrogens (tertiary/aromatic N) is 1. The maximum absolute atomic E-state index is 13.6. The van der Waals surface area contributed by atoms with Crippen LogP contribution in [0.3, 0.4) is 0 Å². The predicted octanol–water partition coefficient (Wildman–Crippen LogP) is 1.69. The van der Waals surface area contributed by atoms with E-state index in [-0.39, 0.29) is 29.1 Å². The van der Waals surface area contributed by atoms with Gasteiger partial charge in [-0.3, -0.25) is 4.79 Å². The molecule has 23 heavy (non-hydrogen) atoms. The number of nitrogens with one attached hydrogen (secondary N) is 2. The molecule has 3 fully saturated rings. The first-order valence-corrected chi connectivity index (χ1v) is 8.67. The molecule has 2 N–H and O–H groups in total. The molecule has 1 aromatic carbocycles. The Morgan fingerprint density at radius 2 is 2.04 bits per heavy atom. The van der Waals surface area contributed by atoms with E-state index in [4.69, 9.17) is 0 Å². The minimum atomic E-state index is -0.235. The van der Waals surface area contributed by atoms with Crippen molar-refractivity contribution in [2.24, 2.45) is 11.3 Å². The van der Waals surface area contributed by atoms with Crippen LogP contribution in [0.5, 0.6) is 0 Å². The summed E-state index contributed by atoms with van der Waals surface area (Å²) in [7, 11) is 0. The summed E-state index contributed by atoms with van der Waals surface area (Å²) in [5.41, 5.74) is 1.14. The van der Waals surface area contributed by atoms with Gasteiger partial charge in [-0.25, -0.2) is 4.39 Å². The number of carbonyl (C=O) groups excluding carboxylic acids is 1. The Hall–Kier alpha value is -1.46. The van der Waals surface area contributed by atoms with Crippen LogP contribution in [0.25, 0.3) is 0 Å². The Morgan fingerprint density at radius 1 is 1.22 bits per heavy atom. The molecule has 4 rings (SSSR count). The molecule has 2 unspecified atom stereocenters. The molecule has 0 aromatic heterocycles. The first-order valence-electron chi connectivity index (χ1n) is 8.67. The van der Waals surface area contributed by atoms with Crippen molar-refractivity contribution in [1.29, 1.82) is 0 Å². The van der Waals surface area contributed by atoms with Crippen LogP contribution >= 0.6 is 0 Å². The van der Waals surface area contributed by atoms with Gasteiger partial charge >= 0.3 is 0 Å². The lowest BCUT2D eigenvalue weighted by Crippen LogP contribution is -2.49. The van der Waals surface area contributed by atoms with E-state index in [2.05, 4.69) is 10.6 Å². The Kier molecular flexibility index (Phi) is 3.85. The molecular formula is C18H24FN3O. The zero-order valence-electron chi connectivity index (χ0n) is 13.4. The third kappa shape index (κ3) is 2.76. The van der Waals surface area contributed by atoms with E-state index in [0.717, 1.165) is 44.5 Å². The van der Waals surface area contributed by atoms with Crippen molar-refractivity contribution in [3.8, 4) is 0 Å². The minimum Gasteiger partial charge on any atom is -0.333 e. The van der Waals surface area contributed by atoms with Crippen molar-refractivity contribution in [2.75, 3.05) is 32.7 Å². The Labute approximate surface area is 136 Å². The van der Waals surface area contributed by atoms with Gasteiger partial charge in [0.05, 0.1) is 6.04 Å². The van der Waals surface area contributed by atoms with Gasteiger partial charge in [-0.1, -0.05) is 12.1 Å². The van der Waals surface area contributed by atoms with E-state index < -0.39 is 0 Å². The van der Waals surface area contributed by atoms with Crippen molar-refractivity contribution < 1.29 is 9.18 Å². The smallest absolute Gasteiger partial charge is 0.226 e. The minimum absolute atomic E-state index is 0.0497. The van der Waals surface area contributed by atoms with Crippen LogP contribution in [-0.4, -0.2) is 43.5 Å². The van der Waals surface area contributed by atoms with Gasteiger partial charge in [0.15, 0.2) is 0 Å². The summed E-state index contributed by atoms with van der Waals surface area (Å²) in [6.07, 6.45) is 3.26. The van der Waals surface area contributed by atoms with Gasteiger partial charge in [0.1, 0.15) is 5.82 Å². The number of halogens is 1. The van der Waals surface area contributed by atoms with Gasteiger partial charge in [0.2, 0.25) is 5.91 Å². The quantitative estimate of drug-likeness (QED) is 0.872. The molecule has 2 heterocycles. The van der Waals surface area contributed by atoms with Crippen LogP contribution in [0.15, 0.2) is 24.3 Å². The van der Waals surface area contributed by atoms with Crippen LogP contribution in [0.2, 0.25) is 0 Å². The zero-order chi connectivity index (χ0) is 15.9. The van der Waals surface area contributed by atoms with Crippen molar-refractivity contribution >= 4 is 5.91 Å². The number of hydrogen-bond acceptors (Lipinski definition) is 3. The Balaban J connectivity index is 1.53. The highest BCUT2D eigenvalue weighted by Gasteiger charge is 2.59. The summed E-state index contributed by atoms with van der Waals surface area (Å²) in [4.78, 5) is 15.1. The number of rotatable bonds is 2. The second-order valence-electron chi connectivity index (χ2n) is 7.18. The standard InChI is InChI=1S/C18H24FN3O/c19-14-3-1-2-13(10-14)16-12-21-8-9-22(16)17(23)15-11-18(15)4-6-20-7-5-18/h1-3,10,15-16,20-21H,4-9,11-12H2. The highest BCUT2D eigenvalue weighted by molar-refractivity contribution is 5.83. The summed E-state index contributed by atoms with van der Waals surface area (Å²) < 4.78 is 13.6. The third-order valence-electron chi connectivity index (χ3n) is 5.85. The van der Waals surface area contributed by atoms with Crippen LogP contribution in [0.4, 0.5) is 4.39 Å². The summed E-state index contributed by atoms with van der Waals surface area (Å²) in [6.45, 7) is 4.29. The molecule has 5 heteroatoms. The van der Waals surface area contributed by atoms with E-state index in [0.29, 0.717) is 13.1 Å². The molecule has 1 amide bonds. The summed E-state index contributed by atoms with van der Waals surface area (Å²) in [6, 6.07) is 6.62. The number of hydrogen-bond donors (Lipinski definition) is 2. The largest absolute Gasteiger partial charge is 0.333 e. The molecule has 1 aliphatic carbocycles. The fourth-order valence-electron chi connectivity index (χ4n) is 4.35. The van der Waals surface area contributed by atoms with Gasteiger partial charge < -0.3 is 15.5 Å². The zero-order valence-corrected chi connectivity index (χ0v) is 13.4. The molecule has 2 atom stereocenters. The molecule has 2 aliphatic heterocycles. The molecule has 0 bridgehead atoms. The average molecular weight is 317 g/mol. The van der Waals surface area contributed by atoms with Crippen LogP contribution in [0, 0.1) is 17.2 Å². The maximum atomic E-state index is 13.6. The lowest BCUT2D eigenvalue weighted by atomic mass is 9.91. The number of benzene rings is 1. The molecule has 124 valence electrons. The van der Waals surface area contributed by atoms with Crippen molar-refractivity contribution in [3.63, 3.8) is 0 Å². The lowest BCUT2D eigenvalue weighted by molar-refractivity contribution is -0.137. The molecule has 2 saturated heterocycles. The van der Waals surface area contributed by atoms with E-state index in [1.54, 1.807) is 12.1 Å². The molecule has 1 aromatic rings. The van der Waals surface area contributed by atoms with E-state index >= 15 is 0 Å². The normalized spacial score (nSPS) is 29.5. The fourth-order valence-corrected chi connectivity index (χ4v) is 4.35. The number of carbonyl (C=O) groups is 1. The first kappa shape index (κ1) is 15.1. The van der Waals surface area contributed by atoms with Crippen LogP contribution in [-0.2, 0) is 4.79 Å². The third-order valence-corrected chi connectivity index (χ3v) is 5.85. The van der Waals surface area contributed by atoms with Gasteiger partial charge in [-0.15, -0.1) is 0 Å². The molecular weight excluding hydrogens is 293 g/mol. The lowest BCUT2D eigenvalue weighted by Gasteiger charge is -2.37. The van der Waals surface area contributed by atoms with Gasteiger partial charge in [0.25, 0.3) is 0 Å². The number of amides is 1. The van der Waals surface area contributed by atoms with Crippen molar-refractivity contribution in [3.05, 3.63) is 35.6 Å². The second kappa shape index (κ2) is 5.87. The number of piperazine rings is 1. The topological polar surface area (TPSA) is 44.4 Å². The Morgan fingerprint density at radius 3 is 2.83 bits per heavy atom. The van der Waals surface area contributed by atoms with Gasteiger partial charge in [0, 0.05) is 25.6 Å². The molecule has 3 aliphatic rings. The van der Waals surface area contributed by atoms with Gasteiger partial charge in [-0.05, 0) is 55.5 Å². The summed E-state index contributed by atoms with van der Waals surface area (Å²) >= 11 is 0. The van der Waals surface area contributed by atoms with E-state index in [1.165, 1.54) is 6.07 Å². The Bertz CT molecular complexity index is 600. The summed E-state index contributed by atoms with van der Waals surface area (Å²) in [5.74, 6) is 0.225. The van der Waals surface area contributed by atoms with Gasteiger partial charge in [-0.2, -0.15) is 0 Å². The number of piperidine rings is 1. The fraction of sp³-hybridized carbons (Fsp3) is 0.611. The highest BCUT2D eigenvalue weighted by atomic mass is 19.1. The predicted molar refractivity (Wildman–Crippen MR) is 86.4 cm³/mol. The van der Waals surface area contributed by atoms with Crippen molar-refractivity contribution in [1.82, 2.24) is 15.5 Å². The van der Waals surface area contributed by atoms with Crippen molar-refractivity contribution in [2.45, 2.75) is 25.3 Å². The molecule has 0 radical (unpaired) electrons. The molecule has 1 saturated carbocycles. The first-order chi connectivity index (χ1) is 11.2. The average Bonchev–Trinajstić information content (AvgIpc) is 3.28. The monoisotopic (exact) mass is 317 g/mol. The van der Waals surface area contributed by atoms with E-state index in [1.807, 2.05) is 11.0 Å². The second-order valence-corrected chi connectivity index (χ2v) is 7.18. The van der Waals surface area contributed by atoms with Crippen LogP contribution in [0.1, 0.15) is 30.9 Å². The molecule has 1 spiro atoms. The van der Waals surface area contributed by atoms with Crippen LogP contribution < -0.4 is 10.6 Å². The highest BCUT2D eigenvalue weighted by Crippen LogP contribution is 2.59. The van der Waals surface area contributed by atoms with E-state index in [9.17, 15) is 9.18 Å². The SMILES string of the molecule is O=C(C1CC12CCNCC2)N1CCNCC1c1cccc(F)c1. The maximum Gasteiger partial charge on any atom is 0.226 e. The summed E-state index contributed by atoms with van der Waals surface area (Å²) in [5, 5.41) is 6.73. The molecule has 4 nitrogen and oxygen atoms in total.